The van der Waals surface area contributed by atoms with Crippen LogP contribution < -0.4 is 4.90 Å². The molecule has 0 bridgehead atoms. The van der Waals surface area contributed by atoms with E-state index in [0.29, 0.717) is 24.4 Å². The van der Waals surface area contributed by atoms with E-state index in [4.69, 9.17) is 4.42 Å². The van der Waals surface area contributed by atoms with Crippen LogP contribution in [0.15, 0.2) is 22.9 Å². The molecule has 0 unspecified atom stereocenters. The average Bonchev–Trinajstić information content (AvgIpc) is 2.85. The first-order valence-electron chi connectivity index (χ1n) is 7.44. The Labute approximate surface area is 129 Å². The van der Waals surface area contributed by atoms with Gasteiger partial charge in [-0.3, -0.25) is 9.78 Å². The van der Waals surface area contributed by atoms with Gasteiger partial charge in [-0.1, -0.05) is 0 Å². The van der Waals surface area contributed by atoms with Gasteiger partial charge >= 0.3 is 0 Å². The van der Waals surface area contributed by atoms with Crippen LogP contribution in [0.4, 0.5) is 5.82 Å². The van der Waals surface area contributed by atoms with Crippen molar-refractivity contribution in [2.75, 3.05) is 31.1 Å². The fourth-order valence-corrected chi connectivity index (χ4v) is 2.75. The number of hydrogen-bond donors (Lipinski definition) is 0. The summed E-state index contributed by atoms with van der Waals surface area (Å²) >= 11 is 0. The molecule has 1 fully saturated rings. The number of piperazine rings is 1. The molecule has 3 rings (SSSR count). The minimum Gasteiger partial charge on any atom is -0.466 e. The number of carbonyl (C=O) groups is 1. The molecule has 6 heteroatoms. The van der Waals surface area contributed by atoms with E-state index in [1.165, 1.54) is 0 Å². The van der Waals surface area contributed by atoms with Crippen molar-refractivity contribution in [1.82, 2.24) is 14.9 Å². The predicted molar refractivity (Wildman–Crippen MR) is 83.1 cm³/mol. The lowest BCUT2D eigenvalue weighted by Crippen LogP contribution is -2.49. The van der Waals surface area contributed by atoms with Crippen molar-refractivity contribution in [2.45, 2.75) is 20.8 Å². The van der Waals surface area contributed by atoms with Crippen molar-refractivity contribution >= 4 is 11.7 Å². The first-order chi connectivity index (χ1) is 10.5. The van der Waals surface area contributed by atoms with E-state index in [-0.39, 0.29) is 5.91 Å². The Kier molecular flexibility index (Phi) is 3.83. The fraction of sp³-hybridized carbons (Fsp3) is 0.438. The zero-order valence-corrected chi connectivity index (χ0v) is 13.2. The van der Waals surface area contributed by atoms with Crippen LogP contribution in [0.3, 0.4) is 0 Å². The summed E-state index contributed by atoms with van der Waals surface area (Å²) in [4.78, 5) is 25.3. The standard InChI is InChI=1S/C16H20N4O2/c1-11-9-17-10-15(18-11)19-4-6-20(7-5-19)16(21)14-8-12(2)22-13(14)3/h8-10H,4-7H2,1-3H3. The second kappa shape index (κ2) is 5.79. The van der Waals surface area contributed by atoms with E-state index in [2.05, 4.69) is 14.9 Å². The largest absolute Gasteiger partial charge is 0.466 e. The number of amides is 1. The molecule has 6 nitrogen and oxygen atoms in total. The maximum absolute atomic E-state index is 12.6. The molecule has 0 N–H and O–H groups in total. The number of anilines is 1. The maximum Gasteiger partial charge on any atom is 0.257 e. The van der Waals surface area contributed by atoms with Crippen LogP contribution in [-0.2, 0) is 0 Å². The number of nitrogens with zero attached hydrogens (tertiary/aromatic N) is 4. The summed E-state index contributed by atoms with van der Waals surface area (Å²) in [6.45, 7) is 8.51. The minimum absolute atomic E-state index is 0.0457. The van der Waals surface area contributed by atoms with Gasteiger partial charge < -0.3 is 14.2 Å². The third-order valence-corrected chi connectivity index (χ3v) is 3.90. The summed E-state index contributed by atoms with van der Waals surface area (Å²) in [5.74, 6) is 2.38. The predicted octanol–water partition coefficient (Wildman–Crippen LogP) is 1.96. The van der Waals surface area contributed by atoms with E-state index < -0.39 is 0 Å². The maximum atomic E-state index is 12.6. The third-order valence-electron chi connectivity index (χ3n) is 3.90. The van der Waals surface area contributed by atoms with Crippen LogP contribution in [0.5, 0.6) is 0 Å². The number of furan rings is 1. The summed E-state index contributed by atoms with van der Waals surface area (Å²) in [7, 11) is 0. The van der Waals surface area contributed by atoms with Gasteiger partial charge in [0.15, 0.2) is 0 Å². The van der Waals surface area contributed by atoms with Crippen molar-refractivity contribution in [3.63, 3.8) is 0 Å². The quantitative estimate of drug-likeness (QED) is 0.848. The van der Waals surface area contributed by atoms with Crippen molar-refractivity contribution in [1.29, 1.82) is 0 Å². The molecule has 2 aromatic rings. The fourth-order valence-electron chi connectivity index (χ4n) is 2.75. The molecular formula is C16H20N4O2. The monoisotopic (exact) mass is 300 g/mol. The minimum atomic E-state index is 0.0457. The SMILES string of the molecule is Cc1cncc(N2CCN(C(=O)c3cc(C)oc3C)CC2)n1. The molecule has 2 aromatic heterocycles. The highest BCUT2D eigenvalue weighted by molar-refractivity contribution is 5.95. The zero-order valence-electron chi connectivity index (χ0n) is 13.2. The van der Waals surface area contributed by atoms with Crippen molar-refractivity contribution in [2.24, 2.45) is 0 Å². The highest BCUT2D eigenvalue weighted by Gasteiger charge is 2.25. The van der Waals surface area contributed by atoms with Crippen LogP contribution in [-0.4, -0.2) is 47.0 Å². The summed E-state index contributed by atoms with van der Waals surface area (Å²) in [6.07, 6.45) is 3.52. The van der Waals surface area contributed by atoms with Crippen molar-refractivity contribution in [3.8, 4) is 0 Å². The van der Waals surface area contributed by atoms with Gasteiger partial charge in [-0.05, 0) is 26.8 Å². The topological polar surface area (TPSA) is 62.5 Å². The molecule has 1 aliphatic rings. The lowest BCUT2D eigenvalue weighted by Gasteiger charge is -2.35. The summed E-state index contributed by atoms with van der Waals surface area (Å²) in [6, 6.07) is 1.82. The van der Waals surface area contributed by atoms with Crippen LogP contribution in [0.25, 0.3) is 0 Å². The second-order valence-corrected chi connectivity index (χ2v) is 5.62. The molecule has 1 aliphatic heterocycles. The van der Waals surface area contributed by atoms with Crippen LogP contribution >= 0.6 is 0 Å². The van der Waals surface area contributed by atoms with Gasteiger partial charge in [0.25, 0.3) is 5.91 Å². The Hall–Kier alpha value is -2.37. The molecular weight excluding hydrogens is 280 g/mol. The molecule has 0 aromatic carbocycles. The smallest absolute Gasteiger partial charge is 0.257 e. The van der Waals surface area contributed by atoms with Crippen molar-refractivity contribution < 1.29 is 9.21 Å². The summed E-state index contributed by atoms with van der Waals surface area (Å²) in [5, 5.41) is 0. The van der Waals surface area contributed by atoms with Gasteiger partial charge in [-0.2, -0.15) is 0 Å². The van der Waals surface area contributed by atoms with E-state index >= 15 is 0 Å². The normalized spacial score (nSPS) is 15.2. The molecule has 0 atom stereocenters. The van der Waals surface area contributed by atoms with Gasteiger partial charge in [-0.15, -0.1) is 0 Å². The van der Waals surface area contributed by atoms with E-state index in [0.717, 1.165) is 30.4 Å². The van der Waals surface area contributed by atoms with E-state index in [1.807, 2.05) is 31.7 Å². The molecule has 1 amide bonds. The Morgan fingerprint density at radius 2 is 1.86 bits per heavy atom. The van der Waals surface area contributed by atoms with Gasteiger partial charge in [0.2, 0.25) is 0 Å². The lowest BCUT2D eigenvalue weighted by atomic mass is 10.2. The highest BCUT2D eigenvalue weighted by Crippen LogP contribution is 2.18. The Morgan fingerprint density at radius 1 is 1.14 bits per heavy atom. The highest BCUT2D eigenvalue weighted by atomic mass is 16.3. The van der Waals surface area contributed by atoms with E-state index in [9.17, 15) is 4.79 Å². The molecule has 0 saturated carbocycles. The molecule has 1 saturated heterocycles. The Morgan fingerprint density at radius 3 is 2.45 bits per heavy atom. The van der Waals surface area contributed by atoms with E-state index in [1.54, 1.807) is 12.4 Å². The number of aryl methyl sites for hydroxylation is 3. The summed E-state index contributed by atoms with van der Waals surface area (Å²) < 4.78 is 5.45. The first kappa shape index (κ1) is 14.6. The van der Waals surface area contributed by atoms with Crippen LogP contribution in [0, 0.1) is 20.8 Å². The molecule has 0 aliphatic carbocycles. The van der Waals surface area contributed by atoms with Crippen LogP contribution in [0.1, 0.15) is 27.6 Å². The van der Waals surface area contributed by atoms with Crippen LogP contribution in [0.2, 0.25) is 0 Å². The second-order valence-electron chi connectivity index (χ2n) is 5.62. The van der Waals surface area contributed by atoms with Gasteiger partial charge in [0.1, 0.15) is 17.3 Å². The van der Waals surface area contributed by atoms with Gasteiger partial charge in [0, 0.05) is 32.4 Å². The van der Waals surface area contributed by atoms with Gasteiger partial charge in [0.05, 0.1) is 17.5 Å². The number of carbonyl (C=O) groups excluding carboxylic acids is 1. The Bertz CT molecular complexity index is 687. The molecule has 116 valence electrons. The average molecular weight is 300 g/mol. The molecule has 3 heterocycles. The number of aromatic nitrogens is 2. The summed E-state index contributed by atoms with van der Waals surface area (Å²) in [5.41, 5.74) is 1.57. The molecule has 22 heavy (non-hydrogen) atoms. The zero-order chi connectivity index (χ0) is 15.7. The van der Waals surface area contributed by atoms with Crippen molar-refractivity contribution in [3.05, 3.63) is 41.2 Å². The van der Waals surface area contributed by atoms with Gasteiger partial charge in [-0.25, -0.2) is 4.98 Å². The molecule has 0 radical (unpaired) electrons. The molecule has 0 spiro atoms. The number of hydrogen-bond acceptors (Lipinski definition) is 5. The first-order valence-corrected chi connectivity index (χ1v) is 7.44. The number of rotatable bonds is 2. The third kappa shape index (κ3) is 2.81. The Balaban J connectivity index is 1.67. The lowest BCUT2D eigenvalue weighted by molar-refractivity contribution is 0.0744.